The smallest absolute Gasteiger partial charge is 0.0250 e. The van der Waals surface area contributed by atoms with Crippen LogP contribution in [-0.2, 0) is 0 Å². The van der Waals surface area contributed by atoms with Gasteiger partial charge >= 0.3 is 0 Å². The van der Waals surface area contributed by atoms with E-state index >= 15 is 0 Å². The van der Waals surface area contributed by atoms with Crippen LogP contribution in [0.4, 0.5) is 0 Å². The summed E-state index contributed by atoms with van der Waals surface area (Å²) >= 11 is 0. The highest BCUT2D eigenvalue weighted by Crippen LogP contribution is 2.39. The Hall–Kier alpha value is -0.0800. The first-order valence-corrected chi connectivity index (χ1v) is 7.87. The molecule has 1 heterocycles. The predicted octanol–water partition coefficient (Wildman–Crippen LogP) is 3.26. The van der Waals surface area contributed by atoms with Gasteiger partial charge in [-0.25, -0.2) is 0 Å². The minimum absolute atomic E-state index is 0.414. The van der Waals surface area contributed by atoms with E-state index in [-0.39, 0.29) is 0 Å². The molecule has 106 valence electrons. The number of rotatable bonds is 1. The molecule has 0 aromatic heterocycles. The molecular weight excluding hydrogens is 220 g/mol. The topological polar surface area (TPSA) is 29.3 Å². The Bertz CT molecular complexity index is 261. The highest BCUT2D eigenvalue weighted by molar-refractivity contribution is 4.93. The van der Waals surface area contributed by atoms with E-state index in [4.69, 9.17) is 5.73 Å². The van der Waals surface area contributed by atoms with Crippen LogP contribution < -0.4 is 5.73 Å². The van der Waals surface area contributed by atoms with E-state index in [0.29, 0.717) is 17.5 Å². The van der Waals surface area contributed by atoms with Crippen molar-refractivity contribution in [3.8, 4) is 0 Å². The van der Waals surface area contributed by atoms with Crippen LogP contribution in [0.15, 0.2) is 0 Å². The van der Waals surface area contributed by atoms with E-state index in [1.807, 2.05) is 0 Å². The molecule has 0 amide bonds. The van der Waals surface area contributed by atoms with Crippen molar-refractivity contribution in [1.29, 1.82) is 0 Å². The molecule has 0 radical (unpaired) electrons. The zero-order valence-corrected chi connectivity index (χ0v) is 12.8. The number of hydrogen-bond donors (Lipinski definition) is 1. The zero-order chi connectivity index (χ0) is 13.3. The second-order valence-electron chi connectivity index (χ2n) is 7.83. The fourth-order valence-corrected chi connectivity index (χ4v) is 3.74. The first kappa shape index (κ1) is 14.3. The Labute approximate surface area is 113 Å². The van der Waals surface area contributed by atoms with E-state index in [1.165, 1.54) is 45.2 Å². The molecule has 0 aromatic carbocycles. The lowest BCUT2D eigenvalue weighted by Gasteiger charge is -2.46. The highest BCUT2D eigenvalue weighted by Gasteiger charge is 2.37. The van der Waals surface area contributed by atoms with Gasteiger partial charge in [-0.05, 0) is 62.4 Å². The van der Waals surface area contributed by atoms with Crippen LogP contribution in [0.2, 0.25) is 0 Å². The highest BCUT2D eigenvalue weighted by atomic mass is 15.2. The minimum atomic E-state index is 0.414. The maximum atomic E-state index is 6.41. The number of nitrogens with zero attached hydrogens (tertiary/aromatic N) is 1. The molecule has 3 atom stereocenters. The average molecular weight is 252 g/mol. The summed E-state index contributed by atoms with van der Waals surface area (Å²) in [6.45, 7) is 12.1. The molecule has 2 nitrogen and oxygen atoms in total. The molecule has 2 rings (SSSR count). The summed E-state index contributed by atoms with van der Waals surface area (Å²) in [5.41, 5.74) is 6.85. The molecule has 1 aliphatic heterocycles. The van der Waals surface area contributed by atoms with Gasteiger partial charge in [-0.1, -0.05) is 27.7 Å². The molecule has 0 aromatic rings. The maximum Gasteiger partial charge on any atom is 0.0250 e. The van der Waals surface area contributed by atoms with Crippen molar-refractivity contribution >= 4 is 0 Å². The molecule has 3 unspecified atom stereocenters. The summed E-state index contributed by atoms with van der Waals surface area (Å²) in [5.74, 6) is 1.76. The Balaban J connectivity index is 1.97. The van der Waals surface area contributed by atoms with Crippen molar-refractivity contribution in [2.24, 2.45) is 23.0 Å². The van der Waals surface area contributed by atoms with E-state index < -0.39 is 0 Å². The van der Waals surface area contributed by atoms with Gasteiger partial charge in [-0.15, -0.1) is 0 Å². The molecule has 1 saturated heterocycles. The van der Waals surface area contributed by atoms with Crippen LogP contribution in [0.5, 0.6) is 0 Å². The van der Waals surface area contributed by atoms with Crippen LogP contribution in [0.3, 0.4) is 0 Å². The van der Waals surface area contributed by atoms with Crippen molar-refractivity contribution in [3.63, 3.8) is 0 Å². The van der Waals surface area contributed by atoms with E-state index in [0.717, 1.165) is 11.8 Å². The van der Waals surface area contributed by atoms with Crippen LogP contribution >= 0.6 is 0 Å². The minimum Gasteiger partial charge on any atom is -0.326 e. The number of likely N-dealkylation sites (tertiary alicyclic amines) is 1. The zero-order valence-electron chi connectivity index (χ0n) is 12.8. The van der Waals surface area contributed by atoms with Gasteiger partial charge in [0.15, 0.2) is 0 Å². The Kier molecular flexibility index (Phi) is 4.38. The van der Waals surface area contributed by atoms with Gasteiger partial charge in [0.1, 0.15) is 0 Å². The fourth-order valence-electron chi connectivity index (χ4n) is 3.74. The van der Waals surface area contributed by atoms with E-state index in [2.05, 4.69) is 32.6 Å². The molecule has 2 aliphatic rings. The lowest BCUT2D eigenvalue weighted by molar-refractivity contribution is 0.0493. The van der Waals surface area contributed by atoms with Gasteiger partial charge in [0.2, 0.25) is 0 Å². The Morgan fingerprint density at radius 1 is 1.00 bits per heavy atom. The summed E-state index contributed by atoms with van der Waals surface area (Å²) in [7, 11) is 0. The van der Waals surface area contributed by atoms with Gasteiger partial charge in [0, 0.05) is 12.1 Å². The Morgan fingerprint density at radius 3 is 2.17 bits per heavy atom. The van der Waals surface area contributed by atoms with Crippen molar-refractivity contribution in [3.05, 3.63) is 0 Å². The van der Waals surface area contributed by atoms with Gasteiger partial charge in [-0.2, -0.15) is 0 Å². The summed E-state index contributed by atoms with van der Waals surface area (Å²) in [6, 6.07) is 1.06. The number of hydrogen-bond acceptors (Lipinski definition) is 2. The molecule has 2 N–H and O–H groups in total. The number of piperidine rings is 1. The van der Waals surface area contributed by atoms with Crippen LogP contribution in [0.1, 0.15) is 59.8 Å². The first-order valence-electron chi connectivity index (χ1n) is 7.87. The molecule has 18 heavy (non-hydrogen) atoms. The second kappa shape index (κ2) is 5.50. The summed E-state index contributed by atoms with van der Waals surface area (Å²) in [5, 5.41) is 0. The van der Waals surface area contributed by atoms with Crippen molar-refractivity contribution in [2.45, 2.75) is 71.9 Å². The lowest BCUT2D eigenvalue weighted by Crippen LogP contribution is -2.54. The quantitative estimate of drug-likeness (QED) is 0.776. The first-order chi connectivity index (χ1) is 8.38. The molecular formula is C16H32N2. The second-order valence-corrected chi connectivity index (χ2v) is 7.83. The lowest BCUT2D eigenvalue weighted by atomic mass is 9.69. The van der Waals surface area contributed by atoms with Crippen LogP contribution in [-0.4, -0.2) is 30.1 Å². The molecule has 2 heteroatoms. The molecule has 1 aliphatic carbocycles. The normalized spacial score (nSPS) is 36.8. The fraction of sp³-hybridized carbons (Fsp3) is 1.00. The van der Waals surface area contributed by atoms with Crippen molar-refractivity contribution < 1.29 is 0 Å². The van der Waals surface area contributed by atoms with Crippen molar-refractivity contribution in [1.82, 2.24) is 4.90 Å². The third-order valence-corrected chi connectivity index (χ3v) is 5.38. The maximum absolute atomic E-state index is 6.41. The molecule has 1 saturated carbocycles. The SMILES string of the molecule is CC1CCN(C2CC(C(C)(C)C)CCC2N)CC1. The largest absolute Gasteiger partial charge is 0.326 e. The average Bonchev–Trinajstić information content (AvgIpc) is 2.29. The summed E-state index contributed by atoms with van der Waals surface area (Å²) in [4.78, 5) is 2.70. The predicted molar refractivity (Wildman–Crippen MR) is 78.5 cm³/mol. The summed E-state index contributed by atoms with van der Waals surface area (Å²) in [6.07, 6.45) is 6.59. The molecule has 0 bridgehead atoms. The molecule has 0 spiro atoms. The van der Waals surface area contributed by atoms with E-state index in [1.54, 1.807) is 0 Å². The van der Waals surface area contributed by atoms with Gasteiger partial charge < -0.3 is 5.73 Å². The monoisotopic (exact) mass is 252 g/mol. The Morgan fingerprint density at radius 2 is 1.61 bits per heavy atom. The van der Waals surface area contributed by atoms with Gasteiger partial charge in [0.25, 0.3) is 0 Å². The third-order valence-electron chi connectivity index (χ3n) is 5.38. The third kappa shape index (κ3) is 3.27. The van der Waals surface area contributed by atoms with Crippen LogP contribution in [0.25, 0.3) is 0 Å². The van der Waals surface area contributed by atoms with Gasteiger partial charge in [-0.3, -0.25) is 4.90 Å². The van der Waals surface area contributed by atoms with Gasteiger partial charge in [0.05, 0.1) is 0 Å². The van der Waals surface area contributed by atoms with Crippen molar-refractivity contribution in [2.75, 3.05) is 13.1 Å². The number of nitrogens with two attached hydrogens (primary N) is 1. The molecule has 2 fully saturated rings. The summed E-state index contributed by atoms with van der Waals surface area (Å²) < 4.78 is 0. The van der Waals surface area contributed by atoms with Crippen LogP contribution in [0, 0.1) is 17.3 Å². The standard InChI is InChI=1S/C16H32N2/c1-12-7-9-18(10-8-12)15-11-13(16(2,3)4)5-6-14(15)17/h12-15H,5-11,17H2,1-4H3. The van der Waals surface area contributed by atoms with E-state index in [9.17, 15) is 0 Å².